The van der Waals surface area contributed by atoms with Gasteiger partial charge in [0.2, 0.25) is 5.91 Å². The maximum atomic E-state index is 11.8. The molecule has 2 unspecified atom stereocenters. The van der Waals surface area contributed by atoms with E-state index in [0.29, 0.717) is 5.75 Å². The van der Waals surface area contributed by atoms with Crippen LogP contribution in [0.25, 0.3) is 0 Å². The third-order valence-corrected chi connectivity index (χ3v) is 4.40. The SMILES string of the molecule is CC(C)(C)SCC(=O)NC1CCCCC1CO. The van der Waals surface area contributed by atoms with Crippen LogP contribution in [0.3, 0.4) is 0 Å². The number of carbonyl (C=O) groups excluding carboxylic acids is 1. The normalized spacial score (nSPS) is 25.6. The molecule has 3 nitrogen and oxygen atoms in total. The average Bonchev–Trinajstić information content (AvgIpc) is 2.26. The van der Waals surface area contributed by atoms with E-state index >= 15 is 0 Å². The highest BCUT2D eigenvalue weighted by Gasteiger charge is 2.26. The van der Waals surface area contributed by atoms with E-state index in [-0.39, 0.29) is 29.2 Å². The Morgan fingerprint density at radius 2 is 2.00 bits per heavy atom. The number of aliphatic hydroxyl groups is 1. The first-order valence-electron chi connectivity index (χ1n) is 6.46. The van der Waals surface area contributed by atoms with Crippen LogP contribution in [-0.4, -0.2) is 34.2 Å². The molecule has 0 aromatic heterocycles. The van der Waals surface area contributed by atoms with Crippen LogP contribution in [0.5, 0.6) is 0 Å². The molecule has 1 aliphatic carbocycles. The van der Waals surface area contributed by atoms with Crippen LogP contribution in [0.15, 0.2) is 0 Å². The van der Waals surface area contributed by atoms with E-state index in [9.17, 15) is 9.90 Å². The molecule has 1 aliphatic rings. The fourth-order valence-corrected chi connectivity index (χ4v) is 2.79. The lowest BCUT2D eigenvalue weighted by Gasteiger charge is -2.31. The Morgan fingerprint density at radius 1 is 1.35 bits per heavy atom. The Kier molecular flexibility index (Phi) is 5.80. The first kappa shape index (κ1) is 14.8. The van der Waals surface area contributed by atoms with Crippen molar-refractivity contribution in [3.63, 3.8) is 0 Å². The van der Waals surface area contributed by atoms with Crippen LogP contribution in [0.1, 0.15) is 46.5 Å². The quantitative estimate of drug-likeness (QED) is 0.813. The standard InChI is InChI=1S/C13H25NO2S/c1-13(2,3)17-9-12(16)14-11-7-5-4-6-10(11)8-15/h10-11,15H,4-9H2,1-3H3,(H,14,16). The summed E-state index contributed by atoms with van der Waals surface area (Å²) in [6.07, 6.45) is 4.38. The summed E-state index contributed by atoms with van der Waals surface area (Å²) in [5, 5.41) is 12.3. The number of nitrogens with one attached hydrogen (secondary N) is 1. The monoisotopic (exact) mass is 259 g/mol. The minimum absolute atomic E-state index is 0.107. The summed E-state index contributed by atoms with van der Waals surface area (Å²) in [7, 11) is 0. The maximum absolute atomic E-state index is 11.8. The number of aliphatic hydroxyl groups excluding tert-OH is 1. The van der Waals surface area contributed by atoms with Crippen LogP contribution in [0.4, 0.5) is 0 Å². The molecule has 1 fully saturated rings. The molecule has 100 valence electrons. The topological polar surface area (TPSA) is 49.3 Å². The van der Waals surface area contributed by atoms with Gasteiger partial charge in [-0.2, -0.15) is 0 Å². The van der Waals surface area contributed by atoms with E-state index in [2.05, 4.69) is 26.1 Å². The largest absolute Gasteiger partial charge is 0.396 e. The molecule has 2 N–H and O–H groups in total. The van der Waals surface area contributed by atoms with Crippen molar-refractivity contribution >= 4 is 17.7 Å². The first-order chi connectivity index (χ1) is 7.92. The van der Waals surface area contributed by atoms with E-state index in [1.54, 1.807) is 11.8 Å². The molecular weight excluding hydrogens is 234 g/mol. The molecule has 17 heavy (non-hydrogen) atoms. The molecule has 0 saturated heterocycles. The van der Waals surface area contributed by atoms with Crippen molar-refractivity contribution in [1.82, 2.24) is 5.32 Å². The zero-order chi connectivity index (χ0) is 12.9. The molecule has 1 rings (SSSR count). The Labute approximate surface area is 109 Å². The Hall–Kier alpha value is -0.220. The van der Waals surface area contributed by atoms with E-state index in [1.165, 1.54) is 6.42 Å². The van der Waals surface area contributed by atoms with Crippen LogP contribution >= 0.6 is 11.8 Å². The molecule has 0 aromatic rings. The van der Waals surface area contributed by atoms with Crippen molar-refractivity contribution in [3.05, 3.63) is 0 Å². The van der Waals surface area contributed by atoms with Crippen LogP contribution < -0.4 is 5.32 Å². The molecular formula is C13H25NO2S. The molecule has 0 spiro atoms. The van der Waals surface area contributed by atoms with Crippen molar-refractivity contribution < 1.29 is 9.90 Å². The van der Waals surface area contributed by atoms with Crippen molar-refractivity contribution in [2.45, 2.75) is 57.2 Å². The fourth-order valence-electron chi connectivity index (χ4n) is 2.15. The van der Waals surface area contributed by atoms with Gasteiger partial charge in [0.05, 0.1) is 5.75 Å². The average molecular weight is 259 g/mol. The van der Waals surface area contributed by atoms with Crippen molar-refractivity contribution in [2.24, 2.45) is 5.92 Å². The summed E-state index contributed by atoms with van der Waals surface area (Å²) in [4.78, 5) is 11.8. The lowest BCUT2D eigenvalue weighted by atomic mass is 9.85. The maximum Gasteiger partial charge on any atom is 0.230 e. The first-order valence-corrected chi connectivity index (χ1v) is 7.45. The van der Waals surface area contributed by atoms with E-state index < -0.39 is 0 Å². The zero-order valence-corrected chi connectivity index (χ0v) is 12.0. The van der Waals surface area contributed by atoms with Crippen LogP contribution in [0.2, 0.25) is 0 Å². The molecule has 0 aliphatic heterocycles. The van der Waals surface area contributed by atoms with Crippen LogP contribution in [0, 0.1) is 5.92 Å². The van der Waals surface area contributed by atoms with Gasteiger partial charge in [-0.1, -0.05) is 33.6 Å². The summed E-state index contributed by atoms with van der Waals surface area (Å²) < 4.78 is 0.125. The summed E-state index contributed by atoms with van der Waals surface area (Å²) in [5.41, 5.74) is 0. The van der Waals surface area contributed by atoms with Gasteiger partial charge in [-0.25, -0.2) is 0 Å². The smallest absolute Gasteiger partial charge is 0.230 e. The highest BCUT2D eigenvalue weighted by atomic mass is 32.2. The van der Waals surface area contributed by atoms with Crippen molar-refractivity contribution in [3.8, 4) is 0 Å². The molecule has 4 heteroatoms. The number of rotatable bonds is 4. The third-order valence-electron chi connectivity index (χ3n) is 3.13. The Balaban J connectivity index is 2.33. The molecule has 0 radical (unpaired) electrons. The van der Waals surface area contributed by atoms with E-state index in [1.807, 2.05) is 0 Å². The second kappa shape index (κ2) is 6.64. The summed E-state index contributed by atoms with van der Waals surface area (Å²) in [6.45, 7) is 6.53. The molecule has 2 atom stereocenters. The van der Waals surface area contributed by atoms with Gasteiger partial charge < -0.3 is 10.4 Å². The minimum Gasteiger partial charge on any atom is -0.396 e. The van der Waals surface area contributed by atoms with Crippen molar-refractivity contribution in [2.75, 3.05) is 12.4 Å². The number of thioether (sulfide) groups is 1. The molecule has 0 bridgehead atoms. The predicted molar refractivity (Wildman–Crippen MR) is 73.2 cm³/mol. The second-order valence-electron chi connectivity index (χ2n) is 5.80. The second-order valence-corrected chi connectivity index (χ2v) is 7.60. The van der Waals surface area contributed by atoms with Crippen molar-refractivity contribution in [1.29, 1.82) is 0 Å². The van der Waals surface area contributed by atoms with Gasteiger partial charge in [0.15, 0.2) is 0 Å². The lowest BCUT2D eigenvalue weighted by Crippen LogP contribution is -2.44. The Morgan fingerprint density at radius 3 is 2.59 bits per heavy atom. The van der Waals surface area contributed by atoms with Gasteiger partial charge in [-0.05, 0) is 12.8 Å². The van der Waals surface area contributed by atoms with Gasteiger partial charge in [0.25, 0.3) is 0 Å². The number of amides is 1. The molecule has 1 saturated carbocycles. The summed E-state index contributed by atoms with van der Waals surface area (Å²) in [6, 6.07) is 0.182. The summed E-state index contributed by atoms with van der Waals surface area (Å²) >= 11 is 1.66. The molecule has 0 aromatic carbocycles. The fraction of sp³-hybridized carbons (Fsp3) is 0.923. The lowest BCUT2D eigenvalue weighted by molar-refractivity contribution is -0.120. The van der Waals surface area contributed by atoms with E-state index in [4.69, 9.17) is 0 Å². The molecule has 1 amide bonds. The minimum atomic E-state index is 0.107. The van der Waals surface area contributed by atoms with Gasteiger partial charge in [-0.15, -0.1) is 11.8 Å². The van der Waals surface area contributed by atoms with Crippen LogP contribution in [-0.2, 0) is 4.79 Å². The third kappa shape index (κ3) is 5.77. The highest BCUT2D eigenvalue weighted by molar-refractivity contribution is 8.01. The number of hydrogen-bond acceptors (Lipinski definition) is 3. The Bertz CT molecular complexity index is 250. The zero-order valence-electron chi connectivity index (χ0n) is 11.2. The van der Waals surface area contributed by atoms with E-state index in [0.717, 1.165) is 19.3 Å². The molecule has 0 heterocycles. The predicted octanol–water partition coefficient (Wildman–Crippen LogP) is 2.19. The highest BCUT2D eigenvalue weighted by Crippen LogP contribution is 2.25. The van der Waals surface area contributed by atoms with Gasteiger partial charge in [-0.3, -0.25) is 4.79 Å². The number of carbonyl (C=O) groups is 1. The van der Waals surface area contributed by atoms with Gasteiger partial charge >= 0.3 is 0 Å². The van der Waals surface area contributed by atoms with Gasteiger partial charge in [0.1, 0.15) is 0 Å². The number of hydrogen-bond donors (Lipinski definition) is 2. The van der Waals surface area contributed by atoms with Gasteiger partial charge in [0, 0.05) is 23.3 Å². The summed E-state index contributed by atoms with van der Waals surface area (Å²) in [5.74, 6) is 0.876.